The zero-order valence-electron chi connectivity index (χ0n) is 8.71. The van der Waals surface area contributed by atoms with Crippen LogP contribution >= 0.6 is 0 Å². The van der Waals surface area contributed by atoms with Crippen LogP contribution in [0.5, 0.6) is 5.75 Å². The Morgan fingerprint density at radius 2 is 1.58 bits per heavy atom. The molecule has 19 heavy (non-hydrogen) atoms. The van der Waals surface area contributed by atoms with Crippen LogP contribution in [0.2, 0.25) is 0 Å². The lowest BCUT2D eigenvalue weighted by Crippen LogP contribution is -2.28. The van der Waals surface area contributed by atoms with E-state index in [-0.39, 0.29) is 6.07 Å². The number of halogens is 6. The highest BCUT2D eigenvalue weighted by atomic mass is 32.2. The number of nitrogen functional groups attached to an aromatic ring is 1. The fourth-order valence-electron chi connectivity index (χ4n) is 1.01. The maximum absolute atomic E-state index is 12.5. The molecule has 1 aromatic rings. The first-order valence-corrected chi connectivity index (χ1v) is 5.73. The Labute approximate surface area is 102 Å². The molecule has 0 atom stereocenters. The summed E-state index contributed by atoms with van der Waals surface area (Å²) in [6.07, 6.45) is -5.12. The molecule has 0 saturated carbocycles. The van der Waals surface area contributed by atoms with Crippen LogP contribution in [0.1, 0.15) is 5.56 Å². The van der Waals surface area contributed by atoms with E-state index < -0.39 is 38.8 Å². The van der Waals surface area contributed by atoms with E-state index in [1.807, 2.05) is 0 Å². The molecule has 0 amide bonds. The monoisotopic (exact) mass is 309 g/mol. The van der Waals surface area contributed by atoms with Crippen LogP contribution in [0.4, 0.5) is 32.0 Å². The summed E-state index contributed by atoms with van der Waals surface area (Å²) in [6, 6.07) is 1.43. The Morgan fingerprint density at radius 1 is 1.05 bits per heavy atom. The standard InChI is InChI=1S/C8H5F6NO3S/c9-7(10,11)5-3-4(15)1-2-6(5)18-19(16,17)8(12,13)14/h1-3H,15H2. The first-order valence-electron chi connectivity index (χ1n) is 4.32. The van der Waals surface area contributed by atoms with Crippen molar-refractivity contribution in [2.75, 3.05) is 5.73 Å². The Morgan fingerprint density at radius 3 is 2.00 bits per heavy atom. The van der Waals surface area contributed by atoms with Crippen molar-refractivity contribution in [3.05, 3.63) is 23.8 Å². The normalized spacial score (nSPS) is 13.4. The average Bonchev–Trinajstić information content (AvgIpc) is 2.17. The number of nitrogens with two attached hydrogens (primary N) is 1. The van der Waals surface area contributed by atoms with Crippen LogP contribution in [0, 0.1) is 0 Å². The molecule has 1 rings (SSSR count). The molecule has 108 valence electrons. The summed E-state index contributed by atoms with van der Waals surface area (Å²) < 4.78 is 98.2. The van der Waals surface area contributed by atoms with Gasteiger partial charge in [-0.3, -0.25) is 0 Å². The van der Waals surface area contributed by atoms with Crippen LogP contribution < -0.4 is 9.92 Å². The van der Waals surface area contributed by atoms with E-state index in [2.05, 4.69) is 4.18 Å². The van der Waals surface area contributed by atoms with Crippen LogP contribution in [0.15, 0.2) is 18.2 Å². The number of alkyl halides is 6. The lowest BCUT2D eigenvalue weighted by molar-refractivity contribution is -0.138. The summed E-state index contributed by atoms with van der Waals surface area (Å²) in [5.41, 5.74) is -2.92. The SMILES string of the molecule is Nc1ccc(OS(=O)(=O)C(F)(F)F)c(C(F)(F)F)c1. The lowest BCUT2D eigenvalue weighted by atomic mass is 10.2. The van der Waals surface area contributed by atoms with Crippen molar-refractivity contribution in [1.29, 1.82) is 0 Å². The zero-order chi connectivity index (χ0) is 15.1. The van der Waals surface area contributed by atoms with Crippen molar-refractivity contribution in [2.24, 2.45) is 0 Å². The molecule has 0 aliphatic heterocycles. The van der Waals surface area contributed by atoms with Crippen molar-refractivity contribution in [3.8, 4) is 5.75 Å². The van der Waals surface area contributed by atoms with Gasteiger partial charge in [0, 0.05) is 5.69 Å². The second kappa shape index (κ2) is 4.47. The first kappa shape index (κ1) is 15.4. The molecule has 0 aromatic heterocycles. The summed E-state index contributed by atoms with van der Waals surface area (Å²) in [7, 11) is -6.19. The predicted molar refractivity (Wildman–Crippen MR) is 51.5 cm³/mol. The highest BCUT2D eigenvalue weighted by Gasteiger charge is 2.49. The summed E-state index contributed by atoms with van der Waals surface area (Å²) in [5.74, 6) is -1.50. The van der Waals surface area contributed by atoms with E-state index >= 15 is 0 Å². The molecule has 0 radical (unpaired) electrons. The van der Waals surface area contributed by atoms with E-state index in [4.69, 9.17) is 5.73 Å². The van der Waals surface area contributed by atoms with Gasteiger partial charge in [-0.05, 0) is 18.2 Å². The van der Waals surface area contributed by atoms with Gasteiger partial charge in [-0.1, -0.05) is 0 Å². The number of hydrogen-bond acceptors (Lipinski definition) is 4. The number of anilines is 1. The largest absolute Gasteiger partial charge is 0.534 e. The minimum Gasteiger partial charge on any atom is -0.399 e. The van der Waals surface area contributed by atoms with E-state index in [1.54, 1.807) is 0 Å². The molecule has 0 unspecified atom stereocenters. The van der Waals surface area contributed by atoms with E-state index in [0.29, 0.717) is 6.07 Å². The van der Waals surface area contributed by atoms with Crippen molar-refractivity contribution in [2.45, 2.75) is 11.7 Å². The first-order chi connectivity index (χ1) is 8.34. The molecule has 0 aliphatic rings. The molecule has 0 fully saturated rings. The van der Waals surface area contributed by atoms with Gasteiger partial charge in [0.15, 0.2) is 5.75 Å². The maximum atomic E-state index is 12.5. The Kier molecular flexibility index (Phi) is 3.63. The molecule has 11 heteroatoms. The molecule has 4 nitrogen and oxygen atoms in total. The molecule has 2 N–H and O–H groups in total. The van der Waals surface area contributed by atoms with Gasteiger partial charge >= 0.3 is 21.8 Å². The van der Waals surface area contributed by atoms with Crippen molar-refractivity contribution < 1.29 is 38.9 Å². The van der Waals surface area contributed by atoms with Gasteiger partial charge in [-0.2, -0.15) is 34.8 Å². The van der Waals surface area contributed by atoms with Gasteiger partial charge in [0.05, 0.1) is 0 Å². The Hall–Kier alpha value is -1.65. The molecule has 0 bridgehead atoms. The fraction of sp³-hybridized carbons (Fsp3) is 0.250. The molecule has 0 heterocycles. The third-order valence-electron chi connectivity index (χ3n) is 1.79. The third kappa shape index (κ3) is 3.43. The highest BCUT2D eigenvalue weighted by Crippen LogP contribution is 2.39. The molecule has 1 aromatic carbocycles. The van der Waals surface area contributed by atoms with Crippen LogP contribution in [0.25, 0.3) is 0 Å². The summed E-state index contributed by atoms with van der Waals surface area (Å²) >= 11 is 0. The number of benzene rings is 1. The second-order valence-corrected chi connectivity index (χ2v) is 4.77. The molecular formula is C8H5F6NO3S. The summed E-state index contributed by atoms with van der Waals surface area (Å²) in [4.78, 5) is 0. The topological polar surface area (TPSA) is 69.4 Å². The van der Waals surface area contributed by atoms with Gasteiger partial charge in [0.1, 0.15) is 5.56 Å². The van der Waals surface area contributed by atoms with Gasteiger partial charge in [0.25, 0.3) is 0 Å². The average molecular weight is 309 g/mol. The zero-order valence-corrected chi connectivity index (χ0v) is 9.53. The number of rotatable bonds is 2. The number of hydrogen-bond donors (Lipinski definition) is 1. The smallest absolute Gasteiger partial charge is 0.399 e. The minimum absolute atomic E-state index is 0.265. The van der Waals surface area contributed by atoms with E-state index in [0.717, 1.165) is 6.07 Å². The van der Waals surface area contributed by atoms with Crippen LogP contribution in [-0.2, 0) is 16.3 Å². The lowest BCUT2D eigenvalue weighted by Gasteiger charge is -2.15. The highest BCUT2D eigenvalue weighted by molar-refractivity contribution is 7.88. The van der Waals surface area contributed by atoms with Crippen molar-refractivity contribution in [3.63, 3.8) is 0 Å². The van der Waals surface area contributed by atoms with Crippen molar-refractivity contribution >= 4 is 15.8 Å². The van der Waals surface area contributed by atoms with E-state index in [9.17, 15) is 34.8 Å². The molecule has 0 spiro atoms. The van der Waals surface area contributed by atoms with Gasteiger partial charge < -0.3 is 9.92 Å². The van der Waals surface area contributed by atoms with Gasteiger partial charge in [-0.15, -0.1) is 0 Å². The molecule has 0 saturated heterocycles. The minimum atomic E-state index is -6.19. The van der Waals surface area contributed by atoms with Gasteiger partial charge in [-0.25, -0.2) is 0 Å². The summed E-state index contributed by atoms with van der Waals surface area (Å²) in [6.45, 7) is 0. The van der Waals surface area contributed by atoms with Gasteiger partial charge in [0.2, 0.25) is 0 Å². The maximum Gasteiger partial charge on any atom is 0.534 e. The summed E-state index contributed by atoms with van der Waals surface area (Å²) in [5, 5.41) is 0. The Bertz CT molecular complexity index is 577. The second-order valence-electron chi connectivity index (χ2n) is 3.24. The quantitative estimate of drug-likeness (QED) is 0.394. The fourth-order valence-corrected chi connectivity index (χ4v) is 1.48. The third-order valence-corrected chi connectivity index (χ3v) is 2.76. The Balaban J connectivity index is 3.31. The predicted octanol–water partition coefficient (Wildman–Crippen LogP) is 2.52. The van der Waals surface area contributed by atoms with Crippen LogP contribution in [0.3, 0.4) is 0 Å². The molecular weight excluding hydrogens is 304 g/mol. The van der Waals surface area contributed by atoms with Crippen molar-refractivity contribution in [1.82, 2.24) is 0 Å². The van der Waals surface area contributed by atoms with E-state index in [1.165, 1.54) is 0 Å². The molecule has 0 aliphatic carbocycles. The van der Waals surface area contributed by atoms with Crippen LogP contribution in [-0.4, -0.2) is 13.9 Å².